The Labute approximate surface area is 165 Å². The number of benzene rings is 1. The number of ether oxygens (including phenoxy) is 1. The lowest BCUT2D eigenvalue weighted by Crippen LogP contribution is -2.45. The van der Waals surface area contributed by atoms with Crippen LogP contribution in [0, 0.1) is 5.41 Å². The Hall–Kier alpha value is -2.83. The quantitative estimate of drug-likeness (QED) is 0.794. The monoisotopic (exact) mass is 384 g/mol. The molecular formula is C21H28N4O3. The third-order valence-corrected chi connectivity index (χ3v) is 4.93. The molecule has 1 unspecified atom stereocenters. The van der Waals surface area contributed by atoms with Crippen molar-refractivity contribution in [1.29, 1.82) is 0 Å². The molecule has 1 aliphatic rings. The number of carbonyl (C=O) groups excluding carboxylic acids is 2. The van der Waals surface area contributed by atoms with E-state index < -0.39 is 11.8 Å². The fourth-order valence-electron chi connectivity index (χ4n) is 3.67. The highest BCUT2D eigenvalue weighted by Gasteiger charge is 2.36. The molecule has 1 aliphatic carbocycles. The van der Waals surface area contributed by atoms with Gasteiger partial charge in [-0.3, -0.25) is 9.59 Å². The first-order valence-corrected chi connectivity index (χ1v) is 9.53. The molecule has 2 N–H and O–H groups in total. The van der Waals surface area contributed by atoms with E-state index in [-0.39, 0.29) is 17.5 Å². The number of aromatic nitrogens is 2. The zero-order valence-electron chi connectivity index (χ0n) is 17.1. The normalized spacial score (nSPS) is 17.7. The number of nitrogens with one attached hydrogen (secondary N) is 2. The zero-order chi connectivity index (χ0) is 20.5. The van der Waals surface area contributed by atoms with Gasteiger partial charge >= 0.3 is 11.8 Å². The first kappa shape index (κ1) is 19.9. The van der Waals surface area contributed by atoms with E-state index >= 15 is 0 Å². The van der Waals surface area contributed by atoms with Crippen LogP contribution in [0.15, 0.2) is 30.5 Å². The number of carbonyl (C=O) groups is 2. The Kier molecular flexibility index (Phi) is 5.45. The highest BCUT2D eigenvalue weighted by Crippen LogP contribution is 2.41. The van der Waals surface area contributed by atoms with E-state index in [4.69, 9.17) is 4.74 Å². The topological polar surface area (TPSA) is 85.2 Å². The highest BCUT2D eigenvalue weighted by atomic mass is 16.5. The van der Waals surface area contributed by atoms with Crippen LogP contribution in [-0.4, -0.2) is 34.7 Å². The van der Waals surface area contributed by atoms with Crippen LogP contribution in [0.1, 0.15) is 51.4 Å². The summed E-state index contributed by atoms with van der Waals surface area (Å²) in [5, 5.41) is 10.1. The van der Waals surface area contributed by atoms with Gasteiger partial charge < -0.3 is 15.4 Å². The van der Waals surface area contributed by atoms with Crippen molar-refractivity contribution in [3.8, 4) is 11.4 Å². The van der Waals surface area contributed by atoms with Crippen LogP contribution in [0.25, 0.3) is 5.69 Å². The molecule has 28 heavy (non-hydrogen) atoms. The second kappa shape index (κ2) is 7.66. The van der Waals surface area contributed by atoms with Crippen molar-refractivity contribution in [2.45, 2.75) is 52.6 Å². The molecule has 1 aromatic carbocycles. The van der Waals surface area contributed by atoms with Crippen molar-refractivity contribution in [1.82, 2.24) is 20.4 Å². The lowest BCUT2D eigenvalue weighted by Gasteiger charge is -2.35. The maximum absolute atomic E-state index is 12.4. The molecule has 3 rings (SSSR count). The average molecular weight is 384 g/mol. The summed E-state index contributed by atoms with van der Waals surface area (Å²) in [6, 6.07) is 7.36. The van der Waals surface area contributed by atoms with Gasteiger partial charge in [0.2, 0.25) is 0 Å². The third kappa shape index (κ3) is 4.18. The van der Waals surface area contributed by atoms with Gasteiger partial charge in [-0.15, -0.1) is 0 Å². The Morgan fingerprint density at radius 1 is 1.21 bits per heavy atom. The summed E-state index contributed by atoms with van der Waals surface area (Å²) in [4.78, 5) is 24.4. The smallest absolute Gasteiger partial charge is 0.309 e. The van der Waals surface area contributed by atoms with Crippen LogP contribution in [0.5, 0.6) is 5.75 Å². The average Bonchev–Trinajstić information content (AvgIpc) is 3.03. The third-order valence-electron chi connectivity index (χ3n) is 4.93. The number of fused-ring (bicyclic) bond motifs is 1. The molecule has 0 radical (unpaired) electrons. The molecule has 1 aromatic heterocycles. The fourth-order valence-corrected chi connectivity index (χ4v) is 3.67. The lowest BCUT2D eigenvalue weighted by molar-refractivity contribution is -0.140. The van der Waals surface area contributed by atoms with E-state index in [1.165, 1.54) is 0 Å². The molecule has 150 valence electrons. The van der Waals surface area contributed by atoms with Crippen LogP contribution in [-0.2, 0) is 16.0 Å². The molecule has 0 bridgehead atoms. The molecule has 7 heteroatoms. The molecule has 0 spiro atoms. The summed E-state index contributed by atoms with van der Waals surface area (Å²) < 4.78 is 7.13. The number of hydrogen-bond donors (Lipinski definition) is 2. The second-order valence-corrected chi connectivity index (χ2v) is 8.36. The van der Waals surface area contributed by atoms with Crippen molar-refractivity contribution in [3.05, 3.63) is 41.7 Å². The van der Waals surface area contributed by atoms with Gasteiger partial charge in [-0.1, -0.05) is 13.8 Å². The van der Waals surface area contributed by atoms with Crippen LogP contribution in [0.3, 0.4) is 0 Å². The van der Waals surface area contributed by atoms with Gasteiger partial charge in [0.25, 0.3) is 0 Å². The number of methoxy groups -OCH3 is 1. The number of hydrogen-bond acceptors (Lipinski definition) is 4. The zero-order valence-corrected chi connectivity index (χ0v) is 17.1. The molecule has 0 saturated carbocycles. The summed E-state index contributed by atoms with van der Waals surface area (Å²) in [6.45, 7) is 7.97. The molecule has 0 fully saturated rings. The highest BCUT2D eigenvalue weighted by molar-refractivity contribution is 6.35. The van der Waals surface area contributed by atoms with Crippen molar-refractivity contribution in [2.75, 3.05) is 7.11 Å². The first-order chi connectivity index (χ1) is 13.2. The van der Waals surface area contributed by atoms with Crippen molar-refractivity contribution >= 4 is 11.8 Å². The van der Waals surface area contributed by atoms with Crippen LogP contribution < -0.4 is 15.4 Å². The summed E-state index contributed by atoms with van der Waals surface area (Å²) in [7, 11) is 1.63. The minimum absolute atomic E-state index is 0.0380. The predicted molar refractivity (Wildman–Crippen MR) is 106 cm³/mol. The van der Waals surface area contributed by atoms with E-state index in [2.05, 4.69) is 29.6 Å². The standard InChI is InChI=1S/C21H28N4O3/c1-13(2)23-19(26)20(27)24-17-10-21(3,4)11-18-16(17)12-22-25(18)14-6-8-15(28-5)9-7-14/h6-9,12-13,17H,10-11H2,1-5H3,(H,23,26)(H,24,27). The molecule has 0 saturated heterocycles. The van der Waals surface area contributed by atoms with Crippen LogP contribution >= 0.6 is 0 Å². The molecule has 0 aliphatic heterocycles. The maximum atomic E-state index is 12.4. The van der Waals surface area contributed by atoms with E-state index in [1.807, 2.05) is 42.8 Å². The van der Waals surface area contributed by atoms with Gasteiger partial charge in [-0.25, -0.2) is 4.68 Å². The maximum Gasteiger partial charge on any atom is 0.309 e. The summed E-state index contributed by atoms with van der Waals surface area (Å²) in [6.07, 6.45) is 3.37. The molecule has 1 atom stereocenters. The summed E-state index contributed by atoms with van der Waals surface area (Å²) >= 11 is 0. The van der Waals surface area contributed by atoms with Crippen molar-refractivity contribution in [2.24, 2.45) is 5.41 Å². The van der Waals surface area contributed by atoms with E-state index in [0.717, 1.165) is 35.5 Å². The minimum atomic E-state index is -0.612. The number of amides is 2. The SMILES string of the molecule is COc1ccc(-n2ncc3c2CC(C)(C)CC3NC(=O)C(=O)NC(C)C)cc1. The number of rotatable bonds is 4. The van der Waals surface area contributed by atoms with Crippen molar-refractivity contribution < 1.29 is 14.3 Å². The minimum Gasteiger partial charge on any atom is -0.497 e. The van der Waals surface area contributed by atoms with Gasteiger partial charge in [0, 0.05) is 11.6 Å². The van der Waals surface area contributed by atoms with E-state index in [1.54, 1.807) is 13.3 Å². The lowest BCUT2D eigenvalue weighted by atomic mass is 9.74. The molecule has 7 nitrogen and oxygen atoms in total. The van der Waals surface area contributed by atoms with Gasteiger partial charge in [-0.05, 0) is 56.4 Å². The Balaban J connectivity index is 1.89. The largest absolute Gasteiger partial charge is 0.497 e. The molecule has 2 aromatic rings. The predicted octanol–water partition coefficient (Wildman–Crippen LogP) is 2.54. The van der Waals surface area contributed by atoms with Crippen LogP contribution in [0.4, 0.5) is 0 Å². The fraction of sp³-hybridized carbons (Fsp3) is 0.476. The van der Waals surface area contributed by atoms with Gasteiger partial charge in [0.15, 0.2) is 0 Å². The Morgan fingerprint density at radius 2 is 1.89 bits per heavy atom. The molecular weight excluding hydrogens is 356 g/mol. The van der Waals surface area contributed by atoms with Gasteiger partial charge in [-0.2, -0.15) is 5.10 Å². The first-order valence-electron chi connectivity index (χ1n) is 9.53. The van der Waals surface area contributed by atoms with Gasteiger partial charge in [0.05, 0.1) is 30.7 Å². The Bertz CT molecular complexity index is 868. The Morgan fingerprint density at radius 3 is 2.50 bits per heavy atom. The molecule has 2 amide bonds. The summed E-state index contributed by atoms with van der Waals surface area (Å²) in [5.74, 6) is -0.437. The summed E-state index contributed by atoms with van der Waals surface area (Å²) in [5.41, 5.74) is 2.91. The second-order valence-electron chi connectivity index (χ2n) is 8.36. The number of nitrogens with zero attached hydrogens (tertiary/aromatic N) is 2. The van der Waals surface area contributed by atoms with E-state index in [9.17, 15) is 9.59 Å². The van der Waals surface area contributed by atoms with Crippen LogP contribution in [0.2, 0.25) is 0 Å². The molecule has 1 heterocycles. The van der Waals surface area contributed by atoms with Gasteiger partial charge in [0.1, 0.15) is 5.75 Å². The van der Waals surface area contributed by atoms with E-state index in [0.29, 0.717) is 0 Å². The van der Waals surface area contributed by atoms with Crippen molar-refractivity contribution in [3.63, 3.8) is 0 Å².